The molecule has 2 atom stereocenters. The van der Waals surface area contributed by atoms with Crippen molar-refractivity contribution in [1.82, 2.24) is 5.32 Å². The highest BCUT2D eigenvalue weighted by molar-refractivity contribution is 5.91. The molecule has 2 aliphatic carbocycles. The fourth-order valence-electron chi connectivity index (χ4n) is 3.22. The molecular formula is C15H20N2O2. The third-order valence-corrected chi connectivity index (χ3v) is 4.40. The van der Waals surface area contributed by atoms with Crippen molar-refractivity contribution >= 4 is 5.91 Å². The van der Waals surface area contributed by atoms with Crippen molar-refractivity contribution in [2.24, 2.45) is 11.8 Å². The minimum absolute atomic E-state index is 0.191. The van der Waals surface area contributed by atoms with Gasteiger partial charge in [-0.15, -0.1) is 0 Å². The van der Waals surface area contributed by atoms with Gasteiger partial charge in [0.15, 0.2) is 6.20 Å². The van der Waals surface area contributed by atoms with E-state index in [9.17, 15) is 10.0 Å². The quantitative estimate of drug-likeness (QED) is 0.667. The Hall–Kier alpha value is -1.58. The van der Waals surface area contributed by atoms with Crippen molar-refractivity contribution < 1.29 is 9.52 Å². The van der Waals surface area contributed by atoms with Crippen molar-refractivity contribution in [3.8, 4) is 0 Å². The van der Waals surface area contributed by atoms with Crippen LogP contribution in [-0.2, 0) is 0 Å². The summed E-state index contributed by atoms with van der Waals surface area (Å²) in [7, 11) is 0. The Balaban J connectivity index is 1.61. The standard InChI is InChI=1S/C15H20N2O2/c18-15(14-6-1-2-9-17(14)19)16-13-5-3-4-12(10-13)11-7-8-11/h1-2,6,9,11-13H,3-5,7-8,10H2,(H,16,18)/t12-,13-/m0/s1. The normalized spacial score (nSPS) is 26.9. The van der Waals surface area contributed by atoms with E-state index in [0.29, 0.717) is 4.73 Å². The molecule has 0 saturated heterocycles. The summed E-state index contributed by atoms with van der Waals surface area (Å²) < 4.78 is 0.635. The number of hydrogen-bond donors (Lipinski definition) is 1. The lowest BCUT2D eigenvalue weighted by Gasteiger charge is -2.29. The van der Waals surface area contributed by atoms with Crippen molar-refractivity contribution in [3.63, 3.8) is 0 Å². The molecule has 1 aromatic heterocycles. The van der Waals surface area contributed by atoms with E-state index in [4.69, 9.17) is 0 Å². The van der Waals surface area contributed by atoms with Gasteiger partial charge in [0.25, 0.3) is 5.69 Å². The van der Waals surface area contributed by atoms with E-state index in [-0.39, 0.29) is 17.6 Å². The van der Waals surface area contributed by atoms with Gasteiger partial charge in [-0.2, -0.15) is 4.73 Å². The van der Waals surface area contributed by atoms with Crippen molar-refractivity contribution in [3.05, 3.63) is 35.3 Å². The minimum Gasteiger partial charge on any atom is -0.618 e. The van der Waals surface area contributed by atoms with E-state index in [2.05, 4.69) is 5.32 Å². The summed E-state index contributed by atoms with van der Waals surface area (Å²) in [6.45, 7) is 0. The largest absolute Gasteiger partial charge is 0.618 e. The van der Waals surface area contributed by atoms with Gasteiger partial charge in [0.05, 0.1) is 0 Å². The first-order valence-electron chi connectivity index (χ1n) is 7.23. The SMILES string of the molecule is O=C(N[C@H]1CCC[C@H](C2CC2)C1)c1cccc[n+]1[O-]. The second-order valence-corrected chi connectivity index (χ2v) is 5.85. The summed E-state index contributed by atoms with van der Waals surface area (Å²) in [6.07, 6.45) is 8.73. The van der Waals surface area contributed by atoms with Crippen LogP contribution in [0.2, 0.25) is 0 Å². The molecule has 1 amide bonds. The predicted molar refractivity (Wildman–Crippen MR) is 71.3 cm³/mol. The van der Waals surface area contributed by atoms with Crippen LogP contribution in [0.1, 0.15) is 49.0 Å². The summed E-state index contributed by atoms with van der Waals surface area (Å²) in [5.74, 6) is 1.45. The fraction of sp³-hybridized carbons (Fsp3) is 0.600. The molecule has 0 aliphatic heterocycles. The minimum atomic E-state index is -0.239. The van der Waals surface area contributed by atoms with Gasteiger partial charge in [-0.3, -0.25) is 4.79 Å². The van der Waals surface area contributed by atoms with Crippen molar-refractivity contribution in [2.45, 2.75) is 44.6 Å². The summed E-state index contributed by atoms with van der Waals surface area (Å²) >= 11 is 0. The highest BCUT2D eigenvalue weighted by Gasteiger charge is 2.35. The Morgan fingerprint density at radius 2 is 2.05 bits per heavy atom. The number of carbonyl (C=O) groups is 1. The van der Waals surface area contributed by atoms with E-state index < -0.39 is 0 Å². The van der Waals surface area contributed by atoms with Crippen LogP contribution >= 0.6 is 0 Å². The number of rotatable bonds is 3. The third-order valence-electron chi connectivity index (χ3n) is 4.40. The number of aromatic nitrogens is 1. The molecule has 0 spiro atoms. The first-order chi connectivity index (χ1) is 9.24. The summed E-state index contributed by atoms with van der Waals surface area (Å²) in [5, 5.41) is 14.6. The zero-order valence-corrected chi connectivity index (χ0v) is 11.0. The molecule has 19 heavy (non-hydrogen) atoms. The van der Waals surface area contributed by atoms with Crippen LogP contribution in [0.3, 0.4) is 0 Å². The van der Waals surface area contributed by atoms with Gasteiger partial charge in [-0.05, 0) is 43.6 Å². The van der Waals surface area contributed by atoms with E-state index in [0.717, 1.165) is 24.7 Å². The molecule has 0 radical (unpaired) electrons. The second kappa shape index (κ2) is 5.19. The molecular weight excluding hydrogens is 240 g/mol. The Morgan fingerprint density at radius 3 is 2.79 bits per heavy atom. The van der Waals surface area contributed by atoms with Crippen molar-refractivity contribution in [2.75, 3.05) is 0 Å². The Kier molecular flexibility index (Phi) is 3.40. The van der Waals surface area contributed by atoms with Gasteiger partial charge >= 0.3 is 5.91 Å². The second-order valence-electron chi connectivity index (χ2n) is 5.85. The number of carbonyl (C=O) groups excluding carboxylic acids is 1. The molecule has 0 bridgehead atoms. The lowest BCUT2D eigenvalue weighted by molar-refractivity contribution is -0.607. The molecule has 3 rings (SSSR count). The van der Waals surface area contributed by atoms with Crippen LogP contribution in [0.15, 0.2) is 24.4 Å². The molecule has 2 saturated carbocycles. The van der Waals surface area contributed by atoms with Gasteiger partial charge in [0, 0.05) is 18.2 Å². The molecule has 4 nitrogen and oxygen atoms in total. The Morgan fingerprint density at radius 1 is 1.21 bits per heavy atom. The van der Waals surface area contributed by atoms with Crippen LogP contribution in [-0.4, -0.2) is 11.9 Å². The highest BCUT2D eigenvalue weighted by Crippen LogP contribution is 2.43. The monoisotopic (exact) mass is 260 g/mol. The Bertz CT molecular complexity index is 471. The fourth-order valence-corrected chi connectivity index (χ4v) is 3.22. The number of pyridine rings is 1. The van der Waals surface area contributed by atoms with Gasteiger partial charge in [0.1, 0.15) is 0 Å². The number of nitrogens with one attached hydrogen (secondary N) is 1. The average Bonchev–Trinajstić information content (AvgIpc) is 3.24. The maximum Gasteiger partial charge on any atom is 0.317 e. The van der Waals surface area contributed by atoms with Crippen LogP contribution in [0, 0.1) is 17.0 Å². The topological polar surface area (TPSA) is 56.0 Å². The van der Waals surface area contributed by atoms with E-state index in [1.165, 1.54) is 31.9 Å². The molecule has 2 aliphatic rings. The van der Waals surface area contributed by atoms with Gasteiger partial charge < -0.3 is 10.5 Å². The molecule has 2 fully saturated rings. The smallest absolute Gasteiger partial charge is 0.317 e. The van der Waals surface area contributed by atoms with Crippen LogP contribution in [0.25, 0.3) is 0 Å². The highest BCUT2D eigenvalue weighted by atomic mass is 16.5. The first kappa shape index (κ1) is 12.5. The number of amides is 1. The molecule has 1 N–H and O–H groups in total. The first-order valence-corrected chi connectivity index (χ1v) is 7.23. The third kappa shape index (κ3) is 2.88. The summed E-state index contributed by atoms with van der Waals surface area (Å²) in [6, 6.07) is 5.17. The van der Waals surface area contributed by atoms with Crippen molar-refractivity contribution in [1.29, 1.82) is 0 Å². The van der Waals surface area contributed by atoms with E-state index >= 15 is 0 Å². The zero-order valence-electron chi connectivity index (χ0n) is 11.0. The predicted octanol–water partition coefficient (Wildman–Crippen LogP) is 2.02. The number of hydrogen-bond acceptors (Lipinski definition) is 2. The molecule has 1 aromatic rings. The zero-order chi connectivity index (χ0) is 13.2. The van der Waals surface area contributed by atoms with Gasteiger partial charge in [-0.25, -0.2) is 0 Å². The van der Waals surface area contributed by atoms with Gasteiger partial charge in [0.2, 0.25) is 0 Å². The molecule has 0 aromatic carbocycles. The molecule has 102 valence electrons. The van der Waals surface area contributed by atoms with E-state index in [1.807, 2.05) is 0 Å². The Labute approximate surface area is 113 Å². The van der Waals surface area contributed by atoms with Crippen LogP contribution < -0.4 is 10.0 Å². The molecule has 4 heteroatoms. The molecule has 1 heterocycles. The average molecular weight is 260 g/mol. The number of nitrogens with zero attached hydrogens (tertiary/aromatic N) is 1. The maximum absolute atomic E-state index is 12.1. The lowest BCUT2D eigenvalue weighted by Crippen LogP contribution is -2.44. The summed E-state index contributed by atoms with van der Waals surface area (Å²) in [4.78, 5) is 12.1. The molecule has 0 unspecified atom stereocenters. The van der Waals surface area contributed by atoms with Crippen LogP contribution in [0.4, 0.5) is 0 Å². The lowest BCUT2D eigenvalue weighted by atomic mass is 9.82. The van der Waals surface area contributed by atoms with E-state index in [1.54, 1.807) is 18.2 Å². The maximum atomic E-state index is 12.1. The van der Waals surface area contributed by atoms with Gasteiger partial charge in [-0.1, -0.05) is 12.8 Å². The van der Waals surface area contributed by atoms with Crippen LogP contribution in [0.5, 0.6) is 0 Å². The summed E-state index contributed by atoms with van der Waals surface area (Å²) in [5.41, 5.74) is 0.191.